The molecule has 1 fully saturated rings. The molecule has 0 spiro atoms. The third-order valence-electron chi connectivity index (χ3n) is 5.43. The van der Waals surface area contributed by atoms with Crippen molar-refractivity contribution in [2.75, 3.05) is 13.7 Å². The van der Waals surface area contributed by atoms with Crippen molar-refractivity contribution < 1.29 is 28.2 Å². The van der Waals surface area contributed by atoms with Crippen molar-refractivity contribution in [1.82, 2.24) is 14.7 Å². The normalized spacial score (nSPS) is 21.2. The number of hydrogen-bond donors (Lipinski definition) is 1. The molecular formula is C19H19F2N3O4. The van der Waals surface area contributed by atoms with Crippen molar-refractivity contribution in [3.05, 3.63) is 46.8 Å². The number of fused-ring (bicyclic) bond motifs is 1. The van der Waals surface area contributed by atoms with Gasteiger partial charge in [-0.1, -0.05) is 6.07 Å². The lowest BCUT2D eigenvalue weighted by Crippen LogP contribution is -2.41. The number of benzene rings is 1. The molecule has 0 bridgehead atoms. The predicted octanol–water partition coefficient (Wildman–Crippen LogP) is 1.95. The summed E-state index contributed by atoms with van der Waals surface area (Å²) in [5.41, 5.74) is 1.35. The summed E-state index contributed by atoms with van der Waals surface area (Å²) >= 11 is 0. The minimum absolute atomic E-state index is 0.0665. The molecule has 1 aromatic heterocycles. The van der Waals surface area contributed by atoms with Gasteiger partial charge < -0.3 is 14.7 Å². The zero-order valence-electron chi connectivity index (χ0n) is 15.2. The van der Waals surface area contributed by atoms with E-state index in [1.165, 1.54) is 28.8 Å². The number of aliphatic carboxylic acids is 1. The summed E-state index contributed by atoms with van der Waals surface area (Å²) in [4.78, 5) is 26.0. The van der Waals surface area contributed by atoms with E-state index in [-0.39, 0.29) is 30.5 Å². The van der Waals surface area contributed by atoms with Gasteiger partial charge in [0.05, 0.1) is 6.10 Å². The molecule has 2 heterocycles. The van der Waals surface area contributed by atoms with Gasteiger partial charge in [-0.25, -0.2) is 18.3 Å². The zero-order chi connectivity index (χ0) is 20.0. The summed E-state index contributed by atoms with van der Waals surface area (Å²) in [7, 11) is 1.47. The van der Waals surface area contributed by atoms with Crippen molar-refractivity contribution in [3.63, 3.8) is 0 Å². The molecule has 1 aliphatic heterocycles. The van der Waals surface area contributed by atoms with Gasteiger partial charge in [-0.2, -0.15) is 5.10 Å². The smallest absolute Gasteiger partial charge is 0.326 e. The van der Waals surface area contributed by atoms with Crippen LogP contribution in [0.3, 0.4) is 0 Å². The number of rotatable bonds is 4. The Labute approximate surface area is 159 Å². The molecule has 2 atom stereocenters. The van der Waals surface area contributed by atoms with Gasteiger partial charge in [0.25, 0.3) is 5.91 Å². The SMILES string of the molecule is COC1CC(C(=O)O)N(C(=O)c2nn(-c3cccc(F)c3F)c3c2CCC3)C1. The second-order valence-corrected chi connectivity index (χ2v) is 7.02. The lowest BCUT2D eigenvalue weighted by molar-refractivity contribution is -0.141. The van der Waals surface area contributed by atoms with Crippen LogP contribution in [0.4, 0.5) is 8.78 Å². The maximum atomic E-state index is 14.3. The van der Waals surface area contributed by atoms with Crippen LogP contribution in [0.25, 0.3) is 5.69 Å². The molecule has 28 heavy (non-hydrogen) atoms. The lowest BCUT2D eigenvalue weighted by atomic mass is 10.1. The summed E-state index contributed by atoms with van der Waals surface area (Å²) in [6.45, 7) is 0.141. The van der Waals surface area contributed by atoms with Crippen LogP contribution in [0.5, 0.6) is 0 Å². The first-order chi connectivity index (χ1) is 13.4. The number of amides is 1. The molecule has 1 N–H and O–H groups in total. The highest BCUT2D eigenvalue weighted by Gasteiger charge is 2.42. The number of ether oxygens (including phenoxy) is 1. The molecule has 1 saturated heterocycles. The summed E-state index contributed by atoms with van der Waals surface area (Å²) in [6, 6.07) is 2.78. The Kier molecular flexibility index (Phi) is 4.62. The van der Waals surface area contributed by atoms with Crippen molar-refractivity contribution in [3.8, 4) is 5.69 Å². The fourth-order valence-corrected chi connectivity index (χ4v) is 4.03. The van der Waals surface area contributed by atoms with Crippen LogP contribution in [0.15, 0.2) is 18.2 Å². The molecule has 2 aromatic rings. The summed E-state index contributed by atoms with van der Waals surface area (Å²) < 4.78 is 34.5. The van der Waals surface area contributed by atoms with E-state index in [0.717, 1.165) is 12.5 Å². The maximum Gasteiger partial charge on any atom is 0.326 e. The summed E-state index contributed by atoms with van der Waals surface area (Å²) in [5, 5.41) is 13.7. The topological polar surface area (TPSA) is 84.7 Å². The highest BCUT2D eigenvalue weighted by molar-refractivity contribution is 5.97. The Morgan fingerprint density at radius 1 is 1.29 bits per heavy atom. The average Bonchev–Trinajstić information content (AvgIpc) is 3.38. The molecule has 4 rings (SSSR count). The largest absolute Gasteiger partial charge is 0.480 e. The Hall–Kier alpha value is -2.81. The molecule has 9 heteroatoms. The number of carbonyl (C=O) groups is 2. The number of carboxylic acids is 1. The van der Waals surface area contributed by atoms with Crippen LogP contribution >= 0.6 is 0 Å². The van der Waals surface area contributed by atoms with E-state index in [1.54, 1.807) is 0 Å². The van der Waals surface area contributed by atoms with Crippen LogP contribution in [0.1, 0.15) is 34.6 Å². The predicted molar refractivity (Wildman–Crippen MR) is 93.4 cm³/mol. The molecule has 2 aliphatic rings. The van der Waals surface area contributed by atoms with Crippen LogP contribution < -0.4 is 0 Å². The number of carboxylic acid groups (broad SMARTS) is 1. The first-order valence-electron chi connectivity index (χ1n) is 9.04. The minimum atomic E-state index is -1.11. The number of nitrogens with zero attached hydrogens (tertiary/aromatic N) is 3. The molecule has 1 amide bonds. The van der Waals surface area contributed by atoms with E-state index < -0.39 is 29.6 Å². The monoisotopic (exact) mass is 391 g/mol. The Morgan fingerprint density at radius 2 is 2.07 bits per heavy atom. The molecule has 7 nitrogen and oxygen atoms in total. The second kappa shape index (κ2) is 6.97. The van der Waals surface area contributed by atoms with Gasteiger partial charge in [0, 0.05) is 31.3 Å². The minimum Gasteiger partial charge on any atom is -0.480 e. The third-order valence-corrected chi connectivity index (χ3v) is 5.43. The maximum absolute atomic E-state index is 14.3. The Morgan fingerprint density at radius 3 is 2.79 bits per heavy atom. The number of likely N-dealkylation sites (tertiary alicyclic amines) is 1. The van der Waals surface area contributed by atoms with Gasteiger partial charge in [0.15, 0.2) is 17.3 Å². The molecule has 1 aliphatic carbocycles. The van der Waals surface area contributed by atoms with Gasteiger partial charge in [-0.15, -0.1) is 0 Å². The van der Waals surface area contributed by atoms with Gasteiger partial charge >= 0.3 is 5.97 Å². The highest BCUT2D eigenvalue weighted by atomic mass is 19.2. The Bertz CT molecular complexity index is 959. The van der Waals surface area contributed by atoms with Crippen LogP contribution in [-0.2, 0) is 22.4 Å². The van der Waals surface area contributed by atoms with Crippen LogP contribution in [0.2, 0.25) is 0 Å². The molecule has 0 radical (unpaired) electrons. The highest BCUT2D eigenvalue weighted by Crippen LogP contribution is 2.31. The fraction of sp³-hybridized carbons (Fsp3) is 0.421. The van der Waals surface area contributed by atoms with Gasteiger partial charge in [0.1, 0.15) is 11.7 Å². The number of hydrogen-bond acceptors (Lipinski definition) is 4. The van der Waals surface area contributed by atoms with Crippen molar-refractivity contribution in [2.24, 2.45) is 0 Å². The zero-order valence-corrected chi connectivity index (χ0v) is 15.2. The van der Waals surface area contributed by atoms with E-state index in [9.17, 15) is 23.5 Å². The fourth-order valence-electron chi connectivity index (χ4n) is 4.03. The standard InChI is InChI=1S/C19H19F2N3O4/c1-28-10-8-15(19(26)27)23(9-10)18(25)17-11-4-2-6-13(11)24(22-17)14-7-3-5-12(20)16(14)21/h3,5,7,10,15H,2,4,6,8-9H2,1H3,(H,26,27). The van der Waals surface area contributed by atoms with Gasteiger partial charge in [-0.05, 0) is 31.4 Å². The first kappa shape index (κ1) is 18.5. The van der Waals surface area contributed by atoms with Crippen molar-refractivity contribution in [2.45, 2.75) is 37.8 Å². The summed E-state index contributed by atoms with van der Waals surface area (Å²) in [6.07, 6.45) is 1.73. The lowest BCUT2D eigenvalue weighted by Gasteiger charge is -2.20. The first-order valence-corrected chi connectivity index (χ1v) is 9.04. The summed E-state index contributed by atoms with van der Waals surface area (Å²) in [5.74, 6) is -3.68. The molecule has 0 saturated carbocycles. The van der Waals surface area contributed by atoms with Gasteiger partial charge in [-0.3, -0.25) is 4.79 Å². The molecule has 148 valence electrons. The molecule has 1 aromatic carbocycles. The molecular weight excluding hydrogens is 372 g/mol. The number of aromatic nitrogens is 2. The second-order valence-electron chi connectivity index (χ2n) is 7.02. The van der Waals surface area contributed by atoms with E-state index in [2.05, 4.69) is 5.10 Å². The molecule has 2 unspecified atom stereocenters. The van der Waals surface area contributed by atoms with E-state index >= 15 is 0 Å². The Balaban J connectivity index is 1.76. The number of methoxy groups -OCH3 is 1. The van der Waals surface area contributed by atoms with Crippen molar-refractivity contribution in [1.29, 1.82) is 0 Å². The van der Waals surface area contributed by atoms with E-state index in [1.807, 2.05) is 0 Å². The van der Waals surface area contributed by atoms with Gasteiger partial charge in [0.2, 0.25) is 0 Å². The number of halogens is 2. The average molecular weight is 391 g/mol. The number of carbonyl (C=O) groups excluding carboxylic acids is 1. The van der Waals surface area contributed by atoms with Crippen LogP contribution in [0, 0.1) is 11.6 Å². The third kappa shape index (κ3) is 2.86. The van der Waals surface area contributed by atoms with E-state index in [4.69, 9.17) is 4.74 Å². The van der Waals surface area contributed by atoms with Crippen LogP contribution in [-0.4, -0.2) is 57.5 Å². The quantitative estimate of drug-likeness (QED) is 0.861. The van der Waals surface area contributed by atoms with Crippen molar-refractivity contribution >= 4 is 11.9 Å². The van der Waals surface area contributed by atoms with E-state index in [0.29, 0.717) is 24.1 Å².